The average molecular weight is 684 g/mol. The van der Waals surface area contributed by atoms with E-state index >= 15 is 0 Å². The number of nitrogens with one attached hydrogen (secondary N) is 2. The van der Waals surface area contributed by atoms with Crippen LogP contribution in [0.5, 0.6) is 5.75 Å². The molecule has 0 aromatic heterocycles. The molecule has 0 unspecified atom stereocenters. The Balaban J connectivity index is 2.31. The molecule has 0 aliphatic rings. The van der Waals surface area contributed by atoms with Crippen molar-refractivity contribution in [2.45, 2.75) is 91.9 Å². The number of nitrogens with zero attached hydrogens (tertiary/aromatic N) is 1. The monoisotopic (exact) mass is 683 g/mol. The Morgan fingerprint density at radius 1 is 0.792 bits per heavy atom. The fraction of sp³-hybridized carbons (Fsp3) is 0.513. The first-order chi connectivity index (χ1) is 23.3. The van der Waals surface area contributed by atoms with E-state index in [1.807, 2.05) is 0 Å². The van der Waals surface area contributed by atoms with Gasteiger partial charge in [0.1, 0.15) is 19.0 Å². The Morgan fingerprint density at radius 3 is 1.98 bits per heavy atom. The molecule has 1 aromatic rings. The molecule has 0 atom stereocenters. The van der Waals surface area contributed by atoms with Crippen LogP contribution in [-0.4, -0.2) is 62.1 Å². The van der Waals surface area contributed by atoms with Gasteiger partial charge in [-0.25, -0.2) is 0 Å². The van der Waals surface area contributed by atoms with E-state index in [0.717, 1.165) is 70.9 Å². The first kappa shape index (κ1) is 42.4. The number of ether oxygens (including phenoxy) is 2. The number of esters is 1. The second-order valence-corrected chi connectivity index (χ2v) is 11.6. The van der Waals surface area contributed by atoms with Crippen molar-refractivity contribution in [2.24, 2.45) is 0 Å². The highest BCUT2D eigenvalue weighted by molar-refractivity contribution is 6.34. The zero-order chi connectivity index (χ0) is 35.2. The molecule has 0 aliphatic carbocycles. The van der Waals surface area contributed by atoms with Gasteiger partial charge in [-0.2, -0.15) is 0 Å². The third-order valence-corrected chi connectivity index (χ3v) is 7.56. The van der Waals surface area contributed by atoms with Gasteiger partial charge in [0.15, 0.2) is 0 Å². The highest BCUT2D eigenvalue weighted by Crippen LogP contribution is 2.31. The summed E-state index contributed by atoms with van der Waals surface area (Å²) >= 11 is 6.33. The summed E-state index contributed by atoms with van der Waals surface area (Å²) in [5, 5.41) is 5.76. The lowest BCUT2D eigenvalue weighted by atomic mass is 10.1. The molecule has 1 rings (SSSR count). The first-order valence-corrected chi connectivity index (χ1v) is 17.8. The number of hydrogen-bond donors (Lipinski definition) is 2. The second kappa shape index (κ2) is 28.4. The van der Waals surface area contributed by atoms with Crippen molar-refractivity contribution in [1.29, 1.82) is 0 Å². The first-order valence-electron chi connectivity index (χ1n) is 17.5. The number of allylic oxidation sites excluding steroid dienone is 10. The average Bonchev–Trinajstić information content (AvgIpc) is 3.07. The lowest BCUT2D eigenvalue weighted by Gasteiger charge is -2.19. The Morgan fingerprint density at radius 2 is 1.40 bits per heavy atom. The molecule has 0 saturated carbocycles. The highest BCUT2D eigenvalue weighted by Gasteiger charge is 2.17. The normalized spacial score (nSPS) is 12.0. The number of halogens is 1. The third kappa shape index (κ3) is 21.3. The van der Waals surface area contributed by atoms with Gasteiger partial charge in [-0.05, 0) is 70.5 Å². The zero-order valence-corrected chi connectivity index (χ0v) is 30.4. The smallest absolute Gasteiger partial charge is 0.305 e. The number of anilines is 1. The van der Waals surface area contributed by atoms with Crippen molar-refractivity contribution >= 4 is 35.1 Å². The molecule has 8 nitrogen and oxygen atoms in total. The molecule has 9 heteroatoms. The fourth-order valence-electron chi connectivity index (χ4n) is 4.55. The van der Waals surface area contributed by atoms with Crippen LogP contribution in [0.25, 0.3) is 0 Å². The molecule has 0 radical (unpaired) electrons. The minimum Gasteiger partial charge on any atom is -0.489 e. The number of likely N-dealkylation sites (N-methyl/N-ethyl adjacent to an activating group) is 1. The standard InChI is InChI=1S/C39H58ClN3O5/c1-5-8-9-10-11-12-13-14-15-16-17-18-19-20-21-22-23-24-25-26-38(45)48-30-29-47-37-32-36(42-33(4)44)35(40)31-34(37)39(46)41-27-28-43(6-2)7-3/h8-9,11-12,14-15,17-18,20-21,31-32H,5-7,10,13,16,19,22-30H2,1-4H3,(H,41,46)(H,42,44)/b9-8-,12-11-,15-14-,18-17-,21-20-. The van der Waals surface area contributed by atoms with Gasteiger partial charge in [0, 0.05) is 32.5 Å². The number of carbonyl (C=O) groups is 3. The van der Waals surface area contributed by atoms with E-state index in [0.29, 0.717) is 25.2 Å². The summed E-state index contributed by atoms with van der Waals surface area (Å²) in [7, 11) is 0. The Labute approximate surface area is 294 Å². The minimum absolute atomic E-state index is 0.0417. The maximum Gasteiger partial charge on any atom is 0.305 e. The van der Waals surface area contributed by atoms with E-state index in [2.05, 4.69) is 97.1 Å². The molecular weight excluding hydrogens is 626 g/mol. The maximum absolute atomic E-state index is 12.9. The van der Waals surface area contributed by atoms with E-state index in [4.69, 9.17) is 21.1 Å². The van der Waals surface area contributed by atoms with Crippen molar-refractivity contribution in [3.05, 3.63) is 83.5 Å². The summed E-state index contributed by atoms with van der Waals surface area (Å²) in [6.45, 7) is 10.7. The van der Waals surface area contributed by atoms with E-state index in [1.165, 1.54) is 19.1 Å². The van der Waals surface area contributed by atoms with Crippen LogP contribution in [0.4, 0.5) is 5.69 Å². The molecule has 2 amide bonds. The predicted octanol–water partition coefficient (Wildman–Crippen LogP) is 8.99. The van der Waals surface area contributed by atoms with Crippen molar-refractivity contribution in [2.75, 3.05) is 44.7 Å². The molecule has 0 fully saturated rings. The van der Waals surface area contributed by atoms with Crippen molar-refractivity contribution in [3.8, 4) is 5.75 Å². The maximum atomic E-state index is 12.9. The highest BCUT2D eigenvalue weighted by atomic mass is 35.5. The van der Waals surface area contributed by atoms with E-state index in [1.54, 1.807) is 0 Å². The molecule has 0 aliphatic heterocycles. The molecule has 0 heterocycles. The van der Waals surface area contributed by atoms with Gasteiger partial charge < -0.3 is 25.0 Å². The van der Waals surface area contributed by atoms with Crippen LogP contribution in [0.3, 0.4) is 0 Å². The molecule has 0 saturated heterocycles. The summed E-state index contributed by atoms with van der Waals surface area (Å²) in [6, 6.07) is 2.99. The van der Waals surface area contributed by atoms with Gasteiger partial charge in [0.25, 0.3) is 5.91 Å². The lowest BCUT2D eigenvalue weighted by Crippen LogP contribution is -2.35. The molecule has 0 bridgehead atoms. The van der Waals surface area contributed by atoms with Crippen LogP contribution in [0.15, 0.2) is 72.9 Å². The van der Waals surface area contributed by atoms with Crippen molar-refractivity contribution < 1.29 is 23.9 Å². The van der Waals surface area contributed by atoms with Gasteiger partial charge in [-0.15, -0.1) is 0 Å². The zero-order valence-electron chi connectivity index (χ0n) is 29.6. The van der Waals surface area contributed by atoms with Gasteiger partial charge in [0.05, 0.1) is 16.3 Å². The SMILES string of the molecule is CC/C=C\C/C=C\C/C=C\C/C=C\C/C=C\CCCCCC(=O)OCCOc1cc(NC(C)=O)c(Cl)cc1C(=O)NCCN(CC)CC. The molecule has 0 spiro atoms. The predicted molar refractivity (Wildman–Crippen MR) is 200 cm³/mol. The van der Waals surface area contributed by atoms with E-state index in [-0.39, 0.29) is 47.3 Å². The second-order valence-electron chi connectivity index (χ2n) is 11.2. The van der Waals surface area contributed by atoms with E-state index in [9.17, 15) is 14.4 Å². The van der Waals surface area contributed by atoms with Crippen molar-refractivity contribution in [3.63, 3.8) is 0 Å². The Kier molecular flexibility index (Phi) is 25.1. The van der Waals surface area contributed by atoms with Crippen LogP contribution in [-0.2, 0) is 14.3 Å². The van der Waals surface area contributed by atoms with Crippen LogP contribution in [0.2, 0.25) is 5.02 Å². The van der Waals surface area contributed by atoms with Crippen molar-refractivity contribution in [1.82, 2.24) is 10.2 Å². The molecule has 1 aromatic carbocycles. The lowest BCUT2D eigenvalue weighted by molar-refractivity contribution is -0.144. The van der Waals surface area contributed by atoms with Gasteiger partial charge in [-0.1, -0.05) is 99.6 Å². The third-order valence-electron chi connectivity index (χ3n) is 7.25. The molecule has 2 N–H and O–H groups in total. The summed E-state index contributed by atoms with van der Waals surface area (Å²) in [4.78, 5) is 39.0. The van der Waals surface area contributed by atoms with Gasteiger partial charge in [0.2, 0.25) is 5.91 Å². The fourth-order valence-corrected chi connectivity index (χ4v) is 4.77. The van der Waals surface area contributed by atoms with Gasteiger partial charge >= 0.3 is 5.97 Å². The Hall–Kier alpha value is -3.62. The number of benzene rings is 1. The summed E-state index contributed by atoms with van der Waals surface area (Å²) in [6.07, 6.45) is 31.0. The van der Waals surface area contributed by atoms with Crippen LogP contribution in [0, 0.1) is 0 Å². The molecular formula is C39H58ClN3O5. The van der Waals surface area contributed by atoms with Crippen LogP contribution >= 0.6 is 11.6 Å². The number of hydrogen-bond acceptors (Lipinski definition) is 6. The Bertz CT molecular complexity index is 1220. The largest absolute Gasteiger partial charge is 0.489 e. The summed E-state index contributed by atoms with van der Waals surface area (Å²) in [5.41, 5.74) is 0.577. The molecule has 266 valence electrons. The number of amides is 2. The minimum atomic E-state index is -0.338. The number of rotatable bonds is 26. The van der Waals surface area contributed by atoms with E-state index < -0.39 is 0 Å². The van der Waals surface area contributed by atoms with Crippen LogP contribution < -0.4 is 15.4 Å². The quantitative estimate of drug-likeness (QED) is 0.0575. The topological polar surface area (TPSA) is 97.0 Å². The van der Waals surface area contributed by atoms with Crippen LogP contribution in [0.1, 0.15) is 102 Å². The van der Waals surface area contributed by atoms with Gasteiger partial charge in [-0.3, -0.25) is 14.4 Å². The summed E-state index contributed by atoms with van der Waals surface area (Å²) < 4.78 is 11.2. The molecule has 48 heavy (non-hydrogen) atoms. The number of carbonyl (C=O) groups excluding carboxylic acids is 3. The number of unbranched alkanes of at least 4 members (excludes halogenated alkanes) is 3. The summed E-state index contributed by atoms with van der Waals surface area (Å²) in [5.74, 6) is -0.673.